The van der Waals surface area contributed by atoms with E-state index in [1.807, 2.05) is 25.1 Å². The lowest BCUT2D eigenvalue weighted by molar-refractivity contribution is -0.117. The Kier molecular flexibility index (Phi) is 4.39. The van der Waals surface area contributed by atoms with Gasteiger partial charge in [0.05, 0.1) is 12.1 Å². The van der Waals surface area contributed by atoms with Gasteiger partial charge >= 0.3 is 0 Å². The number of aromatic nitrogens is 3. The van der Waals surface area contributed by atoms with Crippen LogP contribution >= 0.6 is 0 Å². The second kappa shape index (κ2) is 7.00. The number of H-pyrrole nitrogens is 1. The van der Waals surface area contributed by atoms with Crippen LogP contribution in [0.1, 0.15) is 35.6 Å². The summed E-state index contributed by atoms with van der Waals surface area (Å²) in [5, 5.41) is 10.1. The number of carbonyl (C=O) groups is 1. The highest BCUT2D eigenvalue weighted by Gasteiger charge is 2.28. The Morgan fingerprint density at radius 3 is 2.92 bits per heavy atom. The zero-order chi connectivity index (χ0) is 17.9. The topological polar surface area (TPSA) is 79.9 Å². The first kappa shape index (κ1) is 16.3. The van der Waals surface area contributed by atoms with Gasteiger partial charge in [-0.25, -0.2) is 0 Å². The number of hydrogen-bond acceptors (Lipinski definition) is 4. The lowest BCUT2D eigenvalue weighted by Crippen LogP contribution is -2.24. The van der Waals surface area contributed by atoms with Crippen molar-refractivity contribution in [1.29, 1.82) is 0 Å². The molecule has 0 unspecified atom stereocenters. The molecule has 2 N–H and O–H groups in total. The second-order valence-corrected chi connectivity index (χ2v) is 6.50. The number of amides is 1. The Labute approximate surface area is 151 Å². The van der Waals surface area contributed by atoms with E-state index in [2.05, 4.69) is 20.5 Å². The fourth-order valence-corrected chi connectivity index (χ4v) is 3.34. The summed E-state index contributed by atoms with van der Waals surface area (Å²) in [6.07, 6.45) is 7.95. The van der Waals surface area contributed by atoms with Crippen LogP contribution in [0.15, 0.2) is 48.9 Å². The number of anilines is 1. The standard InChI is InChI=1S/C20H20N4O2/c1-13-11-14(5-6-19(13)26-15-7-9-21-10-8-15)23-20(25)16-3-2-4-18-17(16)12-22-24-18/h5-12,16H,2-4H2,1H3,(H,22,24)(H,23,25)/t16-/m1/s1. The summed E-state index contributed by atoms with van der Waals surface area (Å²) in [7, 11) is 0. The van der Waals surface area contributed by atoms with Crippen molar-refractivity contribution in [3.8, 4) is 11.5 Å². The zero-order valence-corrected chi connectivity index (χ0v) is 14.5. The number of nitrogens with zero attached hydrogens (tertiary/aromatic N) is 2. The summed E-state index contributed by atoms with van der Waals surface area (Å²) in [4.78, 5) is 16.7. The Morgan fingerprint density at radius 1 is 1.27 bits per heavy atom. The molecule has 3 aromatic rings. The van der Waals surface area contributed by atoms with Gasteiger partial charge in [0.1, 0.15) is 11.5 Å². The maximum atomic E-state index is 12.7. The molecule has 1 aromatic carbocycles. The summed E-state index contributed by atoms with van der Waals surface area (Å²) < 4.78 is 5.86. The molecule has 4 rings (SSSR count). The van der Waals surface area contributed by atoms with E-state index in [9.17, 15) is 4.79 Å². The molecule has 6 nitrogen and oxygen atoms in total. The molecule has 6 heteroatoms. The number of aromatic amines is 1. The summed E-state index contributed by atoms with van der Waals surface area (Å²) in [5.41, 5.74) is 3.81. The molecule has 0 fully saturated rings. The SMILES string of the molecule is Cc1cc(NC(=O)[C@@H]2CCCc3[nH]ncc32)ccc1Oc1ccncc1. The van der Waals surface area contributed by atoms with E-state index in [-0.39, 0.29) is 11.8 Å². The highest BCUT2D eigenvalue weighted by atomic mass is 16.5. The minimum atomic E-state index is -0.148. The maximum absolute atomic E-state index is 12.7. The Morgan fingerprint density at radius 2 is 2.12 bits per heavy atom. The van der Waals surface area contributed by atoms with Crippen molar-refractivity contribution in [2.45, 2.75) is 32.1 Å². The summed E-state index contributed by atoms with van der Waals surface area (Å²) in [6.45, 7) is 1.96. The third-order valence-corrected chi connectivity index (χ3v) is 4.68. The lowest BCUT2D eigenvalue weighted by Gasteiger charge is -2.21. The molecule has 0 radical (unpaired) electrons. The van der Waals surface area contributed by atoms with E-state index in [0.717, 1.165) is 53.3 Å². The fraction of sp³-hybridized carbons (Fsp3) is 0.250. The van der Waals surface area contributed by atoms with Crippen LogP contribution in [0.2, 0.25) is 0 Å². The van der Waals surface area contributed by atoms with Crippen LogP contribution in [0, 0.1) is 6.92 Å². The van der Waals surface area contributed by atoms with Gasteiger partial charge in [-0.2, -0.15) is 5.10 Å². The maximum Gasteiger partial charge on any atom is 0.232 e. The minimum absolute atomic E-state index is 0.00884. The molecule has 0 bridgehead atoms. The van der Waals surface area contributed by atoms with Gasteiger partial charge in [0.15, 0.2) is 0 Å². The van der Waals surface area contributed by atoms with Crippen LogP contribution in [0.4, 0.5) is 5.69 Å². The minimum Gasteiger partial charge on any atom is -0.457 e. The molecule has 0 saturated carbocycles. The van der Waals surface area contributed by atoms with E-state index in [1.165, 1.54) is 0 Å². The van der Waals surface area contributed by atoms with Crippen molar-refractivity contribution in [2.75, 3.05) is 5.32 Å². The van der Waals surface area contributed by atoms with Gasteiger partial charge in [0.25, 0.3) is 0 Å². The Bertz CT molecular complexity index is 921. The van der Waals surface area contributed by atoms with E-state index in [0.29, 0.717) is 0 Å². The molecule has 132 valence electrons. The van der Waals surface area contributed by atoms with Crippen LogP contribution in [-0.2, 0) is 11.2 Å². The predicted octanol–water partition coefficient (Wildman–Crippen LogP) is 3.96. The summed E-state index contributed by atoms with van der Waals surface area (Å²) in [6, 6.07) is 9.27. The van der Waals surface area contributed by atoms with Crippen LogP contribution in [0.3, 0.4) is 0 Å². The van der Waals surface area contributed by atoms with Gasteiger partial charge < -0.3 is 10.1 Å². The molecule has 1 aliphatic rings. The molecule has 1 atom stereocenters. The van der Waals surface area contributed by atoms with Crippen molar-refractivity contribution >= 4 is 11.6 Å². The van der Waals surface area contributed by atoms with Gasteiger partial charge in [0, 0.05) is 29.3 Å². The number of ether oxygens (including phenoxy) is 1. The average molecular weight is 348 g/mol. The van der Waals surface area contributed by atoms with E-state index in [1.54, 1.807) is 30.7 Å². The molecule has 0 spiro atoms. The lowest BCUT2D eigenvalue weighted by atomic mass is 9.86. The van der Waals surface area contributed by atoms with Crippen molar-refractivity contribution in [2.24, 2.45) is 0 Å². The first-order chi connectivity index (χ1) is 12.7. The van der Waals surface area contributed by atoms with Gasteiger partial charge in [-0.3, -0.25) is 14.9 Å². The van der Waals surface area contributed by atoms with Crippen molar-refractivity contribution in [1.82, 2.24) is 15.2 Å². The Balaban J connectivity index is 1.48. The smallest absolute Gasteiger partial charge is 0.232 e. The average Bonchev–Trinajstić information content (AvgIpc) is 3.13. The quantitative estimate of drug-likeness (QED) is 0.748. The molecular weight excluding hydrogens is 328 g/mol. The third kappa shape index (κ3) is 3.31. The largest absolute Gasteiger partial charge is 0.457 e. The van der Waals surface area contributed by atoms with Gasteiger partial charge in [-0.1, -0.05) is 0 Å². The Hall–Kier alpha value is -3.15. The van der Waals surface area contributed by atoms with E-state index >= 15 is 0 Å². The van der Waals surface area contributed by atoms with Gasteiger partial charge in [-0.15, -0.1) is 0 Å². The number of rotatable bonds is 4. The molecule has 0 saturated heterocycles. The first-order valence-electron chi connectivity index (χ1n) is 8.72. The molecule has 0 aliphatic heterocycles. The van der Waals surface area contributed by atoms with Gasteiger partial charge in [-0.05, 0) is 62.1 Å². The normalized spacial score (nSPS) is 16.0. The van der Waals surface area contributed by atoms with Gasteiger partial charge in [0.2, 0.25) is 5.91 Å². The van der Waals surface area contributed by atoms with Crippen LogP contribution < -0.4 is 10.1 Å². The molecular formula is C20H20N4O2. The number of hydrogen-bond donors (Lipinski definition) is 2. The second-order valence-electron chi connectivity index (χ2n) is 6.50. The monoisotopic (exact) mass is 348 g/mol. The molecule has 1 amide bonds. The molecule has 2 heterocycles. The van der Waals surface area contributed by atoms with Crippen molar-refractivity contribution in [3.05, 3.63) is 65.7 Å². The number of benzene rings is 1. The molecule has 1 aliphatic carbocycles. The zero-order valence-electron chi connectivity index (χ0n) is 14.5. The number of pyridine rings is 1. The van der Waals surface area contributed by atoms with Crippen LogP contribution in [-0.4, -0.2) is 21.1 Å². The number of nitrogens with one attached hydrogen (secondary N) is 2. The van der Waals surface area contributed by atoms with E-state index in [4.69, 9.17) is 4.74 Å². The number of carbonyl (C=O) groups excluding carboxylic acids is 1. The van der Waals surface area contributed by atoms with Crippen molar-refractivity contribution in [3.63, 3.8) is 0 Å². The fourth-order valence-electron chi connectivity index (χ4n) is 3.34. The van der Waals surface area contributed by atoms with Crippen molar-refractivity contribution < 1.29 is 9.53 Å². The molecule has 26 heavy (non-hydrogen) atoms. The highest BCUT2D eigenvalue weighted by molar-refractivity contribution is 5.96. The summed E-state index contributed by atoms with van der Waals surface area (Å²) in [5.74, 6) is 1.35. The van der Waals surface area contributed by atoms with Crippen LogP contribution in [0.5, 0.6) is 11.5 Å². The predicted molar refractivity (Wildman–Crippen MR) is 98.4 cm³/mol. The summed E-state index contributed by atoms with van der Waals surface area (Å²) >= 11 is 0. The number of aryl methyl sites for hydroxylation is 2. The first-order valence-corrected chi connectivity index (χ1v) is 8.72. The molecule has 2 aromatic heterocycles. The third-order valence-electron chi connectivity index (χ3n) is 4.68. The highest BCUT2D eigenvalue weighted by Crippen LogP contribution is 2.32. The van der Waals surface area contributed by atoms with Crippen LogP contribution in [0.25, 0.3) is 0 Å². The van der Waals surface area contributed by atoms with E-state index < -0.39 is 0 Å². The number of fused-ring (bicyclic) bond motifs is 1.